The maximum atomic E-state index is 4.31. The van der Waals surface area contributed by atoms with Crippen molar-refractivity contribution >= 4 is 11.2 Å². The minimum atomic E-state index is 0.612. The lowest BCUT2D eigenvalue weighted by molar-refractivity contribution is 1.01. The Balaban J connectivity index is 0.000000461. The Kier molecular flexibility index (Phi) is 3.45. The Bertz CT molecular complexity index is 385. The van der Waals surface area contributed by atoms with Crippen molar-refractivity contribution in [3.63, 3.8) is 0 Å². The first-order valence-corrected chi connectivity index (χ1v) is 4.70. The van der Waals surface area contributed by atoms with Gasteiger partial charge in [0.2, 0.25) is 5.65 Å². The first kappa shape index (κ1) is 10.5. The maximum Gasteiger partial charge on any atom is 0.200 e. The largest absolute Gasteiger partial charge is 0.248 e. The van der Waals surface area contributed by atoms with E-state index < -0.39 is 0 Å². The number of hydrogen-bond acceptors (Lipinski definition) is 4. The summed E-state index contributed by atoms with van der Waals surface area (Å²) in [7, 11) is 0. The maximum absolute atomic E-state index is 4.31. The van der Waals surface area contributed by atoms with Gasteiger partial charge in [-0.25, -0.2) is 9.97 Å². The molecule has 74 valence electrons. The van der Waals surface area contributed by atoms with Gasteiger partial charge in [0.05, 0.1) is 17.6 Å². The van der Waals surface area contributed by atoms with Crippen LogP contribution in [0.1, 0.15) is 25.2 Å². The second kappa shape index (κ2) is 4.60. The van der Waals surface area contributed by atoms with E-state index in [1.54, 1.807) is 6.20 Å². The highest BCUT2D eigenvalue weighted by Crippen LogP contribution is 2.07. The molecule has 0 fully saturated rings. The number of aromatic nitrogens is 4. The van der Waals surface area contributed by atoms with Gasteiger partial charge in [-0.05, 0) is 19.9 Å². The summed E-state index contributed by atoms with van der Waals surface area (Å²) in [5.74, 6) is 0. The van der Waals surface area contributed by atoms with Crippen LogP contribution < -0.4 is 0 Å². The predicted octanol–water partition coefficient (Wildman–Crippen LogP) is 2.06. The molecule has 0 radical (unpaired) electrons. The van der Waals surface area contributed by atoms with Gasteiger partial charge in [-0.15, -0.1) is 5.10 Å². The van der Waals surface area contributed by atoms with Crippen molar-refractivity contribution in [2.24, 2.45) is 0 Å². The molecule has 0 saturated heterocycles. The third kappa shape index (κ3) is 2.02. The highest BCUT2D eigenvalue weighted by Gasteiger charge is 2.00. The summed E-state index contributed by atoms with van der Waals surface area (Å²) < 4.78 is 0. The van der Waals surface area contributed by atoms with E-state index in [4.69, 9.17) is 0 Å². The Morgan fingerprint density at radius 2 is 1.64 bits per heavy atom. The van der Waals surface area contributed by atoms with Crippen molar-refractivity contribution in [3.8, 4) is 0 Å². The number of aryl methyl sites for hydroxylation is 2. The van der Waals surface area contributed by atoms with Crippen LogP contribution in [0.2, 0.25) is 0 Å². The molecule has 4 nitrogen and oxygen atoms in total. The van der Waals surface area contributed by atoms with Crippen LogP contribution in [0.3, 0.4) is 0 Å². The Hall–Kier alpha value is -1.58. The van der Waals surface area contributed by atoms with Crippen LogP contribution in [0.15, 0.2) is 12.3 Å². The summed E-state index contributed by atoms with van der Waals surface area (Å²) in [6, 6.07) is 1.81. The monoisotopic (exact) mass is 190 g/mol. The van der Waals surface area contributed by atoms with Crippen molar-refractivity contribution in [1.29, 1.82) is 0 Å². The number of hydrogen-bond donors (Lipinski definition) is 0. The zero-order valence-electron chi connectivity index (χ0n) is 8.94. The smallest absolute Gasteiger partial charge is 0.200 e. The van der Waals surface area contributed by atoms with Crippen molar-refractivity contribution in [1.82, 2.24) is 20.2 Å². The molecule has 0 aliphatic rings. The molecule has 2 aromatic heterocycles. The van der Waals surface area contributed by atoms with Crippen molar-refractivity contribution < 1.29 is 0 Å². The lowest BCUT2D eigenvalue weighted by atomic mass is 10.3. The van der Waals surface area contributed by atoms with Gasteiger partial charge in [-0.3, -0.25) is 0 Å². The van der Waals surface area contributed by atoms with Crippen molar-refractivity contribution in [2.45, 2.75) is 27.7 Å². The van der Waals surface area contributed by atoms with Gasteiger partial charge in [-0.1, -0.05) is 13.8 Å². The Morgan fingerprint density at radius 3 is 2.36 bits per heavy atom. The zero-order chi connectivity index (χ0) is 10.6. The number of fused-ring (bicyclic) bond motifs is 1. The van der Waals surface area contributed by atoms with Gasteiger partial charge in [-0.2, -0.15) is 5.10 Å². The third-order valence-electron chi connectivity index (χ3n) is 1.77. The SMILES string of the molecule is CC.Cc1nc2ccnnc2nc1C. The summed E-state index contributed by atoms with van der Waals surface area (Å²) in [4.78, 5) is 8.55. The molecule has 0 aliphatic carbocycles. The van der Waals surface area contributed by atoms with Crippen LogP contribution in [-0.4, -0.2) is 20.2 Å². The summed E-state index contributed by atoms with van der Waals surface area (Å²) >= 11 is 0. The average molecular weight is 190 g/mol. The molecule has 0 bridgehead atoms. The van der Waals surface area contributed by atoms with E-state index in [2.05, 4.69) is 20.2 Å². The van der Waals surface area contributed by atoms with Gasteiger partial charge < -0.3 is 0 Å². The summed E-state index contributed by atoms with van der Waals surface area (Å²) in [5, 5.41) is 7.59. The highest BCUT2D eigenvalue weighted by atomic mass is 15.1. The molecule has 2 rings (SSSR count). The van der Waals surface area contributed by atoms with Crippen molar-refractivity contribution in [3.05, 3.63) is 23.7 Å². The lowest BCUT2D eigenvalue weighted by Crippen LogP contribution is -1.95. The molecule has 0 N–H and O–H groups in total. The fourth-order valence-corrected chi connectivity index (χ4v) is 0.986. The quantitative estimate of drug-likeness (QED) is 0.638. The molecule has 0 saturated carbocycles. The normalized spacial score (nSPS) is 9.43. The van der Waals surface area contributed by atoms with E-state index in [0.717, 1.165) is 16.9 Å². The molecule has 0 amide bonds. The van der Waals surface area contributed by atoms with Gasteiger partial charge >= 0.3 is 0 Å². The topological polar surface area (TPSA) is 51.6 Å². The highest BCUT2D eigenvalue weighted by molar-refractivity contribution is 5.68. The average Bonchev–Trinajstić information content (AvgIpc) is 2.23. The molecule has 2 aromatic rings. The van der Waals surface area contributed by atoms with Gasteiger partial charge in [0, 0.05) is 0 Å². The standard InChI is InChI=1S/C8H8N4.C2H6/c1-5-6(2)11-8-7(10-5)3-4-9-12-8;1-2/h3-4H,1-2H3;1-2H3. The van der Waals surface area contributed by atoms with Crippen molar-refractivity contribution in [2.75, 3.05) is 0 Å². The van der Waals surface area contributed by atoms with Crippen LogP contribution in [0.4, 0.5) is 0 Å². The van der Waals surface area contributed by atoms with E-state index in [-0.39, 0.29) is 0 Å². The predicted molar refractivity (Wildman–Crippen MR) is 56.0 cm³/mol. The summed E-state index contributed by atoms with van der Waals surface area (Å²) in [5.41, 5.74) is 3.26. The van der Waals surface area contributed by atoms with E-state index in [1.807, 2.05) is 33.8 Å². The van der Waals surface area contributed by atoms with E-state index in [1.165, 1.54) is 0 Å². The zero-order valence-corrected chi connectivity index (χ0v) is 8.94. The Labute approximate surface area is 83.4 Å². The minimum Gasteiger partial charge on any atom is -0.248 e. The lowest BCUT2D eigenvalue weighted by Gasteiger charge is -1.98. The minimum absolute atomic E-state index is 0.612. The van der Waals surface area contributed by atoms with Gasteiger partial charge in [0.15, 0.2) is 0 Å². The third-order valence-corrected chi connectivity index (χ3v) is 1.77. The molecule has 0 aromatic carbocycles. The second-order valence-electron chi connectivity index (χ2n) is 2.63. The number of rotatable bonds is 0. The molecule has 0 unspecified atom stereocenters. The van der Waals surface area contributed by atoms with Crippen LogP contribution in [0.25, 0.3) is 11.2 Å². The van der Waals surface area contributed by atoms with Gasteiger partial charge in [0.25, 0.3) is 0 Å². The van der Waals surface area contributed by atoms with Crippen LogP contribution >= 0.6 is 0 Å². The molecule has 14 heavy (non-hydrogen) atoms. The van der Waals surface area contributed by atoms with E-state index >= 15 is 0 Å². The summed E-state index contributed by atoms with van der Waals surface area (Å²) in [6.07, 6.45) is 1.62. The molecule has 0 atom stereocenters. The molecule has 2 heterocycles. The van der Waals surface area contributed by atoms with Crippen LogP contribution in [0, 0.1) is 13.8 Å². The van der Waals surface area contributed by atoms with Crippen LogP contribution in [-0.2, 0) is 0 Å². The Morgan fingerprint density at radius 1 is 1.00 bits per heavy atom. The first-order valence-electron chi connectivity index (χ1n) is 4.70. The molecular formula is C10H14N4. The molecule has 0 spiro atoms. The number of nitrogens with zero attached hydrogens (tertiary/aromatic N) is 4. The molecular weight excluding hydrogens is 176 g/mol. The summed E-state index contributed by atoms with van der Waals surface area (Å²) in [6.45, 7) is 7.85. The van der Waals surface area contributed by atoms with E-state index in [9.17, 15) is 0 Å². The van der Waals surface area contributed by atoms with Crippen LogP contribution in [0.5, 0.6) is 0 Å². The first-order chi connectivity index (χ1) is 6.77. The van der Waals surface area contributed by atoms with Gasteiger partial charge in [0.1, 0.15) is 5.52 Å². The van der Waals surface area contributed by atoms with E-state index in [0.29, 0.717) is 5.65 Å². The fraction of sp³-hybridized carbons (Fsp3) is 0.400. The fourth-order valence-electron chi connectivity index (χ4n) is 0.986. The second-order valence-corrected chi connectivity index (χ2v) is 2.63. The molecule has 4 heteroatoms. The molecule has 0 aliphatic heterocycles.